The highest BCUT2D eigenvalue weighted by Gasteiger charge is 2.35. The molecule has 1 amide bonds. The predicted molar refractivity (Wildman–Crippen MR) is 128 cm³/mol. The summed E-state index contributed by atoms with van der Waals surface area (Å²) in [6.07, 6.45) is 6.64. The van der Waals surface area contributed by atoms with E-state index in [0.717, 1.165) is 49.0 Å². The van der Waals surface area contributed by atoms with Gasteiger partial charge in [-0.15, -0.1) is 0 Å². The number of benzene rings is 2. The van der Waals surface area contributed by atoms with Crippen molar-refractivity contribution >= 4 is 40.3 Å². The molecule has 3 saturated heterocycles. The van der Waals surface area contributed by atoms with E-state index in [9.17, 15) is 4.79 Å². The maximum Gasteiger partial charge on any atom is 0.266 e. The zero-order chi connectivity index (χ0) is 21.0. The second-order valence-electron chi connectivity index (χ2n) is 8.18. The maximum atomic E-state index is 13.3. The lowest BCUT2D eigenvalue weighted by atomic mass is 10.1. The fraction of sp³-hybridized carbons (Fsp3) is 0.360. The third-order valence-corrected chi connectivity index (χ3v) is 6.95. The molecule has 0 saturated carbocycles. The molecule has 0 N–H and O–H groups in total. The Labute approximate surface area is 187 Å². The van der Waals surface area contributed by atoms with Crippen LogP contribution in [-0.4, -0.2) is 48.3 Å². The Hall–Kier alpha value is -2.57. The number of hydrogen-bond acceptors (Lipinski definition) is 5. The first kappa shape index (κ1) is 20.3. The van der Waals surface area contributed by atoms with Crippen LogP contribution in [0.4, 0.5) is 11.4 Å². The van der Waals surface area contributed by atoms with Gasteiger partial charge in [0.15, 0.2) is 5.17 Å². The molecule has 1 atom stereocenters. The van der Waals surface area contributed by atoms with Gasteiger partial charge in [-0.3, -0.25) is 9.69 Å². The minimum absolute atomic E-state index is 0.0128. The Morgan fingerprint density at radius 3 is 2.52 bits per heavy atom. The van der Waals surface area contributed by atoms with E-state index >= 15 is 0 Å². The highest BCUT2D eigenvalue weighted by Crippen LogP contribution is 2.35. The van der Waals surface area contributed by atoms with E-state index in [2.05, 4.69) is 29.2 Å². The van der Waals surface area contributed by atoms with Gasteiger partial charge in [-0.1, -0.05) is 30.3 Å². The lowest BCUT2D eigenvalue weighted by molar-refractivity contribution is -0.123. The zero-order valence-electron chi connectivity index (χ0n) is 17.6. The van der Waals surface area contributed by atoms with Crippen LogP contribution in [0, 0.1) is 0 Å². The Morgan fingerprint density at radius 1 is 1.03 bits per heavy atom. The van der Waals surface area contributed by atoms with Gasteiger partial charge in [0.05, 0.1) is 23.2 Å². The van der Waals surface area contributed by atoms with Gasteiger partial charge in [-0.2, -0.15) is 0 Å². The monoisotopic (exact) mass is 433 g/mol. The third kappa shape index (κ3) is 4.70. The molecule has 2 aromatic carbocycles. The van der Waals surface area contributed by atoms with Gasteiger partial charge in [-0.25, -0.2) is 4.99 Å². The van der Waals surface area contributed by atoms with Gasteiger partial charge >= 0.3 is 0 Å². The van der Waals surface area contributed by atoms with Gasteiger partial charge in [0.1, 0.15) is 0 Å². The summed E-state index contributed by atoms with van der Waals surface area (Å²) in [5.74, 6) is 0.0128. The number of amidine groups is 1. The van der Waals surface area contributed by atoms with Crippen LogP contribution in [0.5, 0.6) is 0 Å². The van der Waals surface area contributed by atoms with E-state index in [-0.39, 0.29) is 12.0 Å². The molecule has 0 spiro atoms. The summed E-state index contributed by atoms with van der Waals surface area (Å²) in [5.41, 5.74) is 3.15. The second-order valence-corrected chi connectivity index (χ2v) is 9.19. The summed E-state index contributed by atoms with van der Waals surface area (Å²) in [6, 6.07) is 18.3. The Kier molecular flexibility index (Phi) is 6.09. The summed E-state index contributed by atoms with van der Waals surface area (Å²) in [6.45, 7) is 3.60. The minimum atomic E-state index is 0.0128. The van der Waals surface area contributed by atoms with Crippen molar-refractivity contribution in [2.75, 3.05) is 31.1 Å². The summed E-state index contributed by atoms with van der Waals surface area (Å²) in [5, 5.41) is 0.728. The quantitative estimate of drug-likeness (QED) is 0.618. The zero-order valence-corrected chi connectivity index (χ0v) is 18.4. The van der Waals surface area contributed by atoms with Crippen LogP contribution in [0.2, 0.25) is 0 Å². The number of aliphatic imine (C=N–C) groups is 1. The molecular weight excluding hydrogens is 406 g/mol. The van der Waals surface area contributed by atoms with Crippen molar-refractivity contribution in [1.82, 2.24) is 4.90 Å². The van der Waals surface area contributed by atoms with Crippen LogP contribution in [0.3, 0.4) is 0 Å². The van der Waals surface area contributed by atoms with Crippen molar-refractivity contribution in [1.29, 1.82) is 0 Å². The molecule has 2 aromatic rings. The van der Waals surface area contributed by atoms with Crippen LogP contribution in [0.25, 0.3) is 6.08 Å². The number of hydrogen-bond donors (Lipinski definition) is 0. The van der Waals surface area contributed by atoms with Crippen LogP contribution in [0.15, 0.2) is 64.5 Å². The fourth-order valence-corrected chi connectivity index (χ4v) is 5.27. The topological polar surface area (TPSA) is 45.1 Å². The number of ether oxygens (including phenoxy) is 1. The van der Waals surface area contributed by atoms with Crippen molar-refractivity contribution in [3.63, 3.8) is 0 Å². The number of carbonyl (C=O) groups is 1. The summed E-state index contributed by atoms with van der Waals surface area (Å²) in [4.78, 5) is 23.0. The molecule has 3 heterocycles. The van der Waals surface area contributed by atoms with E-state index in [1.807, 2.05) is 36.4 Å². The average Bonchev–Trinajstić information content (AvgIpc) is 3.56. The Morgan fingerprint density at radius 2 is 1.81 bits per heavy atom. The van der Waals surface area contributed by atoms with Gasteiger partial charge in [-0.05, 0) is 73.4 Å². The van der Waals surface area contributed by atoms with Gasteiger partial charge in [0.2, 0.25) is 0 Å². The van der Waals surface area contributed by atoms with Gasteiger partial charge in [0.25, 0.3) is 5.91 Å². The molecular formula is C25H27N3O2S. The van der Waals surface area contributed by atoms with E-state index in [1.165, 1.54) is 30.3 Å². The standard InChI is InChI=1S/C25H27N3O2S/c29-24-23(17-19-10-12-21(13-11-19)27-14-4-5-15-27)31-25(26-20-7-2-1-3-8-20)28(24)18-22-9-6-16-30-22/h1-3,7-8,10-13,17,22H,4-6,9,14-16,18H2/b23-17-,26-25?/t22-/m1/s1. The van der Waals surface area contributed by atoms with Crippen LogP contribution in [0.1, 0.15) is 31.2 Å². The average molecular weight is 434 g/mol. The number of rotatable bonds is 5. The van der Waals surface area contributed by atoms with Gasteiger partial charge in [0, 0.05) is 25.4 Å². The summed E-state index contributed by atoms with van der Waals surface area (Å²) in [7, 11) is 0. The predicted octanol–water partition coefficient (Wildman–Crippen LogP) is 5.07. The molecule has 31 heavy (non-hydrogen) atoms. The number of anilines is 1. The fourth-order valence-electron chi connectivity index (χ4n) is 4.27. The number of thioether (sulfide) groups is 1. The highest BCUT2D eigenvalue weighted by molar-refractivity contribution is 8.18. The van der Waals surface area contributed by atoms with Crippen molar-refractivity contribution in [3.8, 4) is 0 Å². The number of amides is 1. The van der Waals surface area contributed by atoms with Crippen molar-refractivity contribution < 1.29 is 9.53 Å². The number of nitrogens with zero attached hydrogens (tertiary/aromatic N) is 3. The van der Waals surface area contributed by atoms with E-state index in [4.69, 9.17) is 9.73 Å². The van der Waals surface area contributed by atoms with Crippen molar-refractivity contribution in [2.24, 2.45) is 4.99 Å². The van der Waals surface area contributed by atoms with Crippen LogP contribution < -0.4 is 4.90 Å². The second kappa shape index (κ2) is 9.28. The SMILES string of the molecule is O=C1/C(=C/c2ccc(N3CCCC3)cc2)SC(=Nc2ccccc2)N1C[C@H]1CCCO1. The highest BCUT2D eigenvalue weighted by atomic mass is 32.2. The number of para-hydroxylation sites is 1. The van der Waals surface area contributed by atoms with Crippen molar-refractivity contribution in [3.05, 3.63) is 65.1 Å². The normalized spacial score (nSPS) is 24.1. The molecule has 0 unspecified atom stereocenters. The molecule has 160 valence electrons. The third-order valence-electron chi connectivity index (χ3n) is 5.94. The first-order valence-electron chi connectivity index (χ1n) is 11.1. The first-order chi connectivity index (χ1) is 15.3. The first-order valence-corrected chi connectivity index (χ1v) is 11.9. The molecule has 3 fully saturated rings. The minimum Gasteiger partial charge on any atom is -0.376 e. The largest absolute Gasteiger partial charge is 0.376 e. The molecule has 0 bridgehead atoms. The van der Waals surface area contributed by atoms with E-state index < -0.39 is 0 Å². The van der Waals surface area contributed by atoms with Crippen LogP contribution in [-0.2, 0) is 9.53 Å². The Balaban J connectivity index is 1.39. The molecule has 3 aliphatic heterocycles. The van der Waals surface area contributed by atoms with Crippen LogP contribution >= 0.6 is 11.8 Å². The lowest BCUT2D eigenvalue weighted by Crippen LogP contribution is -2.36. The van der Waals surface area contributed by atoms with Gasteiger partial charge < -0.3 is 9.64 Å². The molecule has 0 aliphatic carbocycles. The summed E-state index contributed by atoms with van der Waals surface area (Å²) < 4.78 is 5.79. The van der Waals surface area contributed by atoms with E-state index in [1.54, 1.807) is 4.90 Å². The van der Waals surface area contributed by atoms with Crippen molar-refractivity contribution in [2.45, 2.75) is 31.8 Å². The molecule has 3 aliphatic rings. The molecule has 5 nitrogen and oxygen atoms in total. The summed E-state index contributed by atoms with van der Waals surface area (Å²) >= 11 is 1.45. The Bertz CT molecular complexity index is 976. The molecule has 5 rings (SSSR count). The molecule has 0 aromatic heterocycles. The lowest BCUT2D eigenvalue weighted by Gasteiger charge is -2.19. The van der Waals surface area contributed by atoms with E-state index in [0.29, 0.717) is 11.4 Å². The number of carbonyl (C=O) groups excluding carboxylic acids is 1. The smallest absolute Gasteiger partial charge is 0.266 e. The maximum absolute atomic E-state index is 13.3. The molecule has 6 heteroatoms. The molecule has 0 radical (unpaired) electrons.